The average molecular weight is 207 g/mol. The smallest absolute Gasteiger partial charge is 0.222 e. The molecule has 0 saturated carbocycles. The SMILES string of the molecule is O=Cc1cnc(NC2CCCOC2)nc1. The molecule has 0 spiro atoms. The molecule has 1 atom stereocenters. The van der Waals surface area contributed by atoms with Crippen LogP contribution in [0.3, 0.4) is 0 Å². The Balaban J connectivity index is 1.94. The maximum atomic E-state index is 10.4. The van der Waals surface area contributed by atoms with Crippen molar-refractivity contribution in [1.29, 1.82) is 0 Å². The fourth-order valence-electron chi connectivity index (χ4n) is 1.51. The topological polar surface area (TPSA) is 64.1 Å². The first-order valence-electron chi connectivity index (χ1n) is 5.00. The van der Waals surface area contributed by atoms with E-state index < -0.39 is 0 Å². The van der Waals surface area contributed by atoms with Crippen LogP contribution in [-0.4, -0.2) is 35.5 Å². The minimum atomic E-state index is 0.279. The minimum Gasteiger partial charge on any atom is -0.379 e. The van der Waals surface area contributed by atoms with E-state index in [1.807, 2.05) is 0 Å². The highest BCUT2D eigenvalue weighted by Gasteiger charge is 2.14. The molecule has 80 valence electrons. The molecule has 1 unspecified atom stereocenters. The van der Waals surface area contributed by atoms with Crippen LogP contribution >= 0.6 is 0 Å². The van der Waals surface area contributed by atoms with E-state index in [0.29, 0.717) is 18.1 Å². The van der Waals surface area contributed by atoms with Crippen LogP contribution in [0.2, 0.25) is 0 Å². The lowest BCUT2D eigenvalue weighted by Crippen LogP contribution is -2.30. The third kappa shape index (κ3) is 2.73. The molecule has 0 aliphatic carbocycles. The quantitative estimate of drug-likeness (QED) is 0.745. The Kier molecular flexibility index (Phi) is 3.24. The van der Waals surface area contributed by atoms with E-state index in [2.05, 4.69) is 15.3 Å². The van der Waals surface area contributed by atoms with Gasteiger partial charge in [-0.3, -0.25) is 4.79 Å². The van der Waals surface area contributed by atoms with Gasteiger partial charge in [0.15, 0.2) is 6.29 Å². The fourth-order valence-corrected chi connectivity index (χ4v) is 1.51. The zero-order chi connectivity index (χ0) is 10.5. The lowest BCUT2D eigenvalue weighted by Gasteiger charge is -2.22. The first-order chi connectivity index (χ1) is 7.38. The second-order valence-corrected chi connectivity index (χ2v) is 3.52. The summed E-state index contributed by atoms with van der Waals surface area (Å²) in [6, 6.07) is 0.279. The van der Waals surface area contributed by atoms with E-state index in [9.17, 15) is 4.79 Å². The molecule has 0 amide bonds. The summed E-state index contributed by atoms with van der Waals surface area (Å²) < 4.78 is 5.32. The van der Waals surface area contributed by atoms with Gasteiger partial charge in [0.1, 0.15) is 0 Å². The van der Waals surface area contributed by atoms with Crippen LogP contribution in [0.1, 0.15) is 23.2 Å². The number of nitrogens with one attached hydrogen (secondary N) is 1. The van der Waals surface area contributed by atoms with Gasteiger partial charge in [-0.2, -0.15) is 0 Å². The molecular weight excluding hydrogens is 194 g/mol. The largest absolute Gasteiger partial charge is 0.379 e. The van der Waals surface area contributed by atoms with E-state index in [1.165, 1.54) is 12.4 Å². The summed E-state index contributed by atoms with van der Waals surface area (Å²) in [6.45, 7) is 1.53. The Morgan fingerprint density at radius 1 is 1.47 bits per heavy atom. The van der Waals surface area contributed by atoms with Gasteiger partial charge in [-0.25, -0.2) is 9.97 Å². The van der Waals surface area contributed by atoms with Gasteiger partial charge in [-0.15, -0.1) is 0 Å². The summed E-state index contributed by atoms with van der Waals surface area (Å²) in [4.78, 5) is 18.5. The molecular formula is C10H13N3O2. The third-order valence-corrected chi connectivity index (χ3v) is 2.30. The molecule has 1 aliphatic heterocycles. The maximum absolute atomic E-state index is 10.4. The molecule has 1 aromatic heterocycles. The number of nitrogens with zero attached hydrogens (tertiary/aromatic N) is 2. The van der Waals surface area contributed by atoms with Crippen LogP contribution < -0.4 is 5.32 Å². The molecule has 0 radical (unpaired) electrons. The highest BCUT2D eigenvalue weighted by atomic mass is 16.5. The summed E-state index contributed by atoms with van der Waals surface area (Å²) in [6.07, 6.45) is 5.87. The Morgan fingerprint density at radius 3 is 2.87 bits per heavy atom. The normalized spacial score (nSPS) is 20.9. The van der Waals surface area contributed by atoms with Crippen molar-refractivity contribution >= 4 is 12.2 Å². The molecule has 1 N–H and O–H groups in total. The highest BCUT2D eigenvalue weighted by Crippen LogP contribution is 2.10. The molecule has 1 saturated heterocycles. The van der Waals surface area contributed by atoms with Crippen molar-refractivity contribution in [2.75, 3.05) is 18.5 Å². The number of rotatable bonds is 3. The molecule has 5 heteroatoms. The van der Waals surface area contributed by atoms with Crippen molar-refractivity contribution < 1.29 is 9.53 Å². The molecule has 0 bridgehead atoms. The predicted octanol–water partition coefficient (Wildman–Crippen LogP) is 0.880. The molecule has 5 nitrogen and oxygen atoms in total. The summed E-state index contributed by atoms with van der Waals surface area (Å²) in [5.74, 6) is 0.552. The number of hydrogen-bond donors (Lipinski definition) is 1. The van der Waals surface area contributed by atoms with Crippen molar-refractivity contribution in [2.45, 2.75) is 18.9 Å². The Morgan fingerprint density at radius 2 is 2.27 bits per heavy atom. The number of ether oxygens (including phenoxy) is 1. The summed E-state index contributed by atoms with van der Waals surface area (Å²) in [5.41, 5.74) is 0.487. The number of carbonyl (C=O) groups excluding carboxylic acids is 1. The van der Waals surface area contributed by atoms with Crippen molar-refractivity contribution in [3.63, 3.8) is 0 Å². The van der Waals surface area contributed by atoms with Gasteiger partial charge in [0.2, 0.25) is 5.95 Å². The molecule has 1 fully saturated rings. The van der Waals surface area contributed by atoms with Crippen molar-refractivity contribution in [2.24, 2.45) is 0 Å². The van der Waals surface area contributed by atoms with E-state index >= 15 is 0 Å². The third-order valence-electron chi connectivity index (χ3n) is 2.30. The number of anilines is 1. The van der Waals surface area contributed by atoms with Gasteiger partial charge < -0.3 is 10.1 Å². The summed E-state index contributed by atoms with van der Waals surface area (Å²) in [7, 11) is 0. The number of carbonyl (C=O) groups is 1. The fraction of sp³-hybridized carbons (Fsp3) is 0.500. The van der Waals surface area contributed by atoms with Crippen molar-refractivity contribution in [1.82, 2.24) is 9.97 Å². The van der Waals surface area contributed by atoms with Crippen LogP contribution in [0.5, 0.6) is 0 Å². The second-order valence-electron chi connectivity index (χ2n) is 3.52. The number of aromatic nitrogens is 2. The summed E-state index contributed by atoms with van der Waals surface area (Å²) >= 11 is 0. The van der Waals surface area contributed by atoms with Crippen molar-refractivity contribution in [3.05, 3.63) is 18.0 Å². The lowest BCUT2D eigenvalue weighted by atomic mass is 10.1. The van der Waals surface area contributed by atoms with Crippen LogP contribution in [0, 0.1) is 0 Å². The number of hydrogen-bond acceptors (Lipinski definition) is 5. The molecule has 1 aliphatic rings. The first-order valence-corrected chi connectivity index (χ1v) is 5.00. The van der Waals surface area contributed by atoms with Gasteiger partial charge in [0.25, 0.3) is 0 Å². The van der Waals surface area contributed by atoms with Crippen LogP contribution in [0.15, 0.2) is 12.4 Å². The molecule has 15 heavy (non-hydrogen) atoms. The monoisotopic (exact) mass is 207 g/mol. The molecule has 2 rings (SSSR count). The van der Waals surface area contributed by atoms with Crippen LogP contribution in [-0.2, 0) is 4.74 Å². The van der Waals surface area contributed by atoms with Gasteiger partial charge in [0, 0.05) is 19.0 Å². The average Bonchev–Trinajstić information content (AvgIpc) is 2.31. The first kappa shape index (κ1) is 10.0. The second kappa shape index (κ2) is 4.84. The molecule has 1 aromatic rings. The van der Waals surface area contributed by atoms with Gasteiger partial charge in [-0.1, -0.05) is 0 Å². The van der Waals surface area contributed by atoms with E-state index in [1.54, 1.807) is 0 Å². The zero-order valence-electron chi connectivity index (χ0n) is 8.35. The van der Waals surface area contributed by atoms with E-state index in [0.717, 1.165) is 25.7 Å². The maximum Gasteiger partial charge on any atom is 0.222 e. The standard InChI is InChI=1S/C10H13N3O2/c14-6-8-4-11-10(12-5-8)13-9-2-1-3-15-7-9/h4-6,9H,1-3,7H2,(H,11,12,13). The Hall–Kier alpha value is -1.49. The van der Waals surface area contributed by atoms with Gasteiger partial charge in [0.05, 0.1) is 18.2 Å². The molecule has 2 heterocycles. The van der Waals surface area contributed by atoms with Gasteiger partial charge in [-0.05, 0) is 12.8 Å². The van der Waals surface area contributed by atoms with Crippen molar-refractivity contribution in [3.8, 4) is 0 Å². The zero-order valence-corrected chi connectivity index (χ0v) is 8.35. The van der Waals surface area contributed by atoms with E-state index in [4.69, 9.17) is 4.74 Å². The highest BCUT2D eigenvalue weighted by molar-refractivity contribution is 5.73. The van der Waals surface area contributed by atoms with Gasteiger partial charge >= 0.3 is 0 Å². The van der Waals surface area contributed by atoms with E-state index in [-0.39, 0.29) is 6.04 Å². The lowest BCUT2D eigenvalue weighted by molar-refractivity contribution is 0.0874. The minimum absolute atomic E-state index is 0.279. The van der Waals surface area contributed by atoms with Crippen LogP contribution in [0.25, 0.3) is 0 Å². The Labute approximate surface area is 87.9 Å². The molecule has 0 aromatic carbocycles. The summed E-state index contributed by atoms with van der Waals surface area (Å²) in [5, 5.41) is 3.17. The Bertz CT molecular complexity index is 320. The number of aldehydes is 1. The van der Waals surface area contributed by atoms with Crippen LogP contribution in [0.4, 0.5) is 5.95 Å². The predicted molar refractivity (Wildman–Crippen MR) is 54.9 cm³/mol.